The predicted octanol–water partition coefficient (Wildman–Crippen LogP) is 16.4. The molecule has 0 aliphatic heterocycles. The molecule has 0 bridgehead atoms. The number of phosphoric ester groups is 2. The lowest BCUT2D eigenvalue weighted by Crippen LogP contribution is -2.30. The molecular formula is C63H112O16P2. The number of aliphatic hydroxyl groups excluding tert-OH is 2. The summed E-state index contributed by atoms with van der Waals surface area (Å²) in [5, 5.41) is 20.5. The summed E-state index contributed by atoms with van der Waals surface area (Å²) in [4.78, 5) is 58.1. The molecule has 0 radical (unpaired) electrons. The third-order valence-electron chi connectivity index (χ3n) is 12.9. The average Bonchev–Trinajstić information content (AvgIpc) is 3.45. The van der Waals surface area contributed by atoms with Crippen molar-refractivity contribution < 1.29 is 75.8 Å². The van der Waals surface area contributed by atoms with Crippen molar-refractivity contribution in [2.45, 2.75) is 270 Å². The van der Waals surface area contributed by atoms with Gasteiger partial charge in [-0.1, -0.05) is 222 Å². The molecule has 0 aromatic carbocycles. The van der Waals surface area contributed by atoms with Gasteiger partial charge in [0.2, 0.25) is 0 Å². The van der Waals surface area contributed by atoms with Gasteiger partial charge < -0.3 is 34.2 Å². The largest absolute Gasteiger partial charge is 0.472 e. The number of rotatable bonds is 59. The third-order valence-corrected chi connectivity index (χ3v) is 14.8. The number of phosphoric acid groups is 2. The van der Waals surface area contributed by atoms with Crippen LogP contribution in [0.5, 0.6) is 0 Å². The Morgan fingerprint density at radius 3 is 1.09 bits per heavy atom. The zero-order valence-electron chi connectivity index (χ0n) is 50.4. The van der Waals surface area contributed by atoms with Gasteiger partial charge in [0, 0.05) is 19.3 Å². The van der Waals surface area contributed by atoms with Gasteiger partial charge in [0.15, 0.2) is 6.10 Å². The Morgan fingerprint density at radius 1 is 0.358 bits per heavy atom. The lowest BCUT2D eigenvalue weighted by Gasteiger charge is -2.21. The number of aliphatic hydroxyl groups is 2. The summed E-state index contributed by atoms with van der Waals surface area (Å²) >= 11 is 0. The van der Waals surface area contributed by atoms with Crippen LogP contribution < -0.4 is 0 Å². The highest BCUT2D eigenvalue weighted by atomic mass is 31.2. The van der Waals surface area contributed by atoms with E-state index in [1.165, 1.54) is 51.4 Å². The van der Waals surface area contributed by atoms with E-state index < -0.39 is 91.5 Å². The Bertz CT molecular complexity index is 1780. The Kier molecular flexibility index (Phi) is 55.3. The molecule has 0 aromatic heterocycles. The van der Waals surface area contributed by atoms with Crippen LogP contribution in [0.2, 0.25) is 0 Å². The average molecular weight is 1190 g/mol. The maximum absolute atomic E-state index is 12.9. The quantitative estimate of drug-likeness (QED) is 0.0146. The topological polar surface area (TPSA) is 231 Å². The zero-order valence-corrected chi connectivity index (χ0v) is 52.2. The van der Waals surface area contributed by atoms with Crippen molar-refractivity contribution in [1.82, 2.24) is 0 Å². The van der Waals surface area contributed by atoms with E-state index in [-0.39, 0.29) is 19.3 Å². The number of hydrogen-bond donors (Lipinski definition) is 4. The summed E-state index contributed by atoms with van der Waals surface area (Å²) in [6, 6.07) is 0. The summed E-state index contributed by atoms with van der Waals surface area (Å²) in [5.74, 6) is -1.60. The van der Waals surface area contributed by atoms with Gasteiger partial charge in [0.05, 0.1) is 26.4 Å². The van der Waals surface area contributed by atoms with Crippen LogP contribution in [0.4, 0.5) is 0 Å². The molecule has 0 spiro atoms. The van der Waals surface area contributed by atoms with Crippen LogP contribution in [0.1, 0.15) is 252 Å². The van der Waals surface area contributed by atoms with Crippen LogP contribution in [0.15, 0.2) is 72.9 Å². The van der Waals surface area contributed by atoms with E-state index in [1.54, 1.807) is 0 Å². The molecule has 0 aromatic rings. The fraction of sp³-hybridized carbons (Fsp3) is 0.762. The van der Waals surface area contributed by atoms with Crippen molar-refractivity contribution in [3.05, 3.63) is 72.9 Å². The summed E-state index contributed by atoms with van der Waals surface area (Å²) < 4.78 is 60.6. The predicted molar refractivity (Wildman–Crippen MR) is 325 cm³/mol. The van der Waals surface area contributed by atoms with E-state index in [0.717, 1.165) is 141 Å². The van der Waals surface area contributed by atoms with Crippen molar-refractivity contribution in [2.24, 2.45) is 0 Å². The van der Waals surface area contributed by atoms with Crippen molar-refractivity contribution in [1.29, 1.82) is 0 Å². The molecule has 0 aliphatic carbocycles. The van der Waals surface area contributed by atoms with E-state index in [9.17, 15) is 43.5 Å². The minimum absolute atomic E-state index is 0.105. The SMILES string of the molecule is CC/C=C\C/C=C\C/C=C\C/C=C\CCCCCCCCC(=O)OCC(O)COP(=O)(O)OCC(O)COP(=O)(O)OCC(COC(=O)CCCCCCC/C=C\C/C=C\CCC)OC(=O)CCCCCCCCCCCCCCC. The molecular weight excluding hydrogens is 1070 g/mol. The zero-order chi connectivity index (χ0) is 59.6. The molecule has 4 N–H and O–H groups in total. The standard InChI is InChI=1S/C63H112O16P2/c1-4-7-10-13-16-19-22-25-26-27-28-29-30-33-35-37-40-43-46-49-61(66)73-52-58(64)53-75-80(69,70)76-54-59(65)55-77-81(71,72)78-57-60(79-63(68)51-48-45-42-39-36-32-24-21-18-15-12-9-6-3)56-74-62(67)50-47-44-41-38-34-31-23-20-17-14-11-8-5-2/h7,10-11,14,16,19-20,23,25-26,28-29,58-60,64-65H,4-6,8-9,12-13,15,17-18,21-22,24,27,30-57H2,1-3H3,(H,69,70)(H,71,72)/b10-7-,14-11-,19-16-,23-20-,26-25-,29-28-. The lowest BCUT2D eigenvalue weighted by atomic mass is 10.0. The van der Waals surface area contributed by atoms with Crippen LogP contribution in [0.25, 0.3) is 0 Å². The molecule has 0 saturated heterocycles. The number of carbonyl (C=O) groups excluding carboxylic acids is 3. The van der Waals surface area contributed by atoms with Gasteiger partial charge in [-0.25, -0.2) is 9.13 Å². The lowest BCUT2D eigenvalue weighted by molar-refractivity contribution is -0.161. The summed E-state index contributed by atoms with van der Waals surface area (Å²) in [5.41, 5.74) is 0. The van der Waals surface area contributed by atoms with Crippen molar-refractivity contribution in [3.8, 4) is 0 Å². The normalized spacial score (nSPS) is 14.9. The fourth-order valence-corrected chi connectivity index (χ4v) is 9.71. The molecule has 81 heavy (non-hydrogen) atoms. The molecule has 5 atom stereocenters. The second-order valence-corrected chi connectivity index (χ2v) is 23.7. The molecule has 0 aliphatic rings. The monoisotopic (exact) mass is 1190 g/mol. The molecule has 18 heteroatoms. The fourth-order valence-electron chi connectivity index (χ4n) is 8.13. The Balaban J connectivity index is 4.63. The molecule has 16 nitrogen and oxygen atoms in total. The maximum atomic E-state index is 12.9. The molecule has 5 unspecified atom stereocenters. The first-order chi connectivity index (χ1) is 39.2. The number of unbranched alkanes of at least 4 members (excludes halogenated alkanes) is 24. The highest BCUT2D eigenvalue weighted by molar-refractivity contribution is 7.47. The number of esters is 3. The first kappa shape index (κ1) is 78.0. The van der Waals surface area contributed by atoms with Gasteiger partial charge in [-0.3, -0.25) is 32.5 Å². The smallest absolute Gasteiger partial charge is 0.463 e. The van der Waals surface area contributed by atoms with Crippen LogP contribution in [0.3, 0.4) is 0 Å². The van der Waals surface area contributed by atoms with Crippen LogP contribution >= 0.6 is 15.6 Å². The molecule has 0 amide bonds. The van der Waals surface area contributed by atoms with Gasteiger partial charge in [0.1, 0.15) is 25.4 Å². The summed E-state index contributed by atoms with van der Waals surface area (Å²) in [7, 11) is -9.76. The van der Waals surface area contributed by atoms with E-state index in [4.69, 9.17) is 32.3 Å². The van der Waals surface area contributed by atoms with Crippen LogP contribution in [-0.2, 0) is 55.8 Å². The maximum Gasteiger partial charge on any atom is 0.472 e. The first-order valence-electron chi connectivity index (χ1n) is 31.2. The van der Waals surface area contributed by atoms with Crippen LogP contribution in [-0.4, -0.2) is 95.9 Å². The van der Waals surface area contributed by atoms with Gasteiger partial charge in [-0.2, -0.15) is 0 Å². The first-order valence-corrected chi connectivity index (χ1v) is 34.2. The second-order valence-electron chi connectivity index (χ2n) is 20.8. The Labute approximate surface area is 490 Å². The highest BCUT2D eigenvalue weighted by Gasteiger charge is 2.29. The summed E-state index contributed by atoms with van der Waals surface area (Å²) in [6.45, 7) is 2.45. The molecule has 0 heterocycles. The van der Waals surface area contributed by atoms with Gasteiger partial charge in [0.25, 0.3) is 0 Å². The second kappa shape index (κ2) is 57.4. The Morgan fingerprint density at radius 2 is 0.679 bits per heavy atom. The molecule has 0 fully saturated rings. The third kappa shape index (κ3) is 58.6. The van der Waals surface area contributed by atoms with E-state index >= 15 is 0 Å². The van der Waals surface area contributed by atoms with Gasteiger partial charge in [-0.15, -0.1) is 0 Å². The minimum atomic E-state index is -4.92. The van der Waals surface area contributed by atoms with Crippen molar-refractivity contribution in [3.63, 3.8) is 0 Å². The Hall–Kier alpha value is -3.01. The van der Waals surface area contributed by atoms with Crippen LogP contribution in [0, 0.1) is 0 Å². The van der Waals surface area contributed by atoms with Gasteiger partial charge in [-0.05, 0) is 83.5 Å². The van der Waals surface area contributed by atoms with Crippen molar-refractivity contribution >= 4 is 33.6 Å². The number of allylic oxidation sites excluding steroid dienone is 12. The van der Waals surface area contributed by atoms with Crippen molar-refractivity contribution in [2.75, 3.05) is 39.6 Å². The van der Waals surface area contributed by atoms with E-state index in [2.05, 4.69) is 93.7 Å². The van der Waals surface area contributed by atoms with Gasteiger partial charge >= 0.3 is 33.6 Å². The van der Waals surface area contributed by atoms with E-state index in [0.29, 0.717) is 19.3 Å². The number of ether oxygens (including phenoxy) is 3. The molecule has 470 valence electrons. The van der Waals surface area contributed by atoms with E-state index in [1.807, 2.05) is 0 Å². The highest BCUT2D eigenvalue weighted by Crippen LogP contribution is 2.45. The summed E-state index contributed by atoms with van der Waals surface area (Å²) in [6.07, 6.45) is 56.8. The molecule has 0 saturated carbocycles. The number of hydrogen-bond acceptors (Lipinski definition) is 14. The number of carbonyl (C=O) groups is 3. The molecule has 0 rings (SSSR count). The minimum Gasteiger partial charge on any atom is -0.463 e.